The van der Waals surface area contributed by atoms with Crippen LogP contribution in [0.25, 0.3) is 0 Å². The van der Waals surface area contributed by atoms with Gasteiger partial charge in [-0.05, 0) is 64.5 Å². The van der Waals surface area contributed by atoms with Crippen LogP contribution in [0, 0.1) is 3.57 Å². The van der Waals surface area contributed by atoms with Gasteiger partial charge in [0.05, 0.1) is 16.6 Å². The topological polar surface area (TPSA) is 26.3 Å². The number of ether oxygens (including phenoxy) is 1. The van der Waals surface area contributed by atoms with Gasteiger partial charge in [0.15, 0.2) is 5.78 Å². The lowest BCUT2D eigenvalue weighted by Crippen LogP contribution is -2.02. The molecule has 0 amide bonds. The van der Waals surface area contributed by atoms with Crippen LogP contribution in [0.3, 0.4) is 0 Å². The van der Waals surface area contributed by atoms with Crippen molar-refractivity contribution < 1.29 is 9.53 Å². The third-order valence-electron chi connectivity index (χ3n) is 1.72. The van der Waals surface area contributed by atoms with E-state index in [-0.39, 0.29) is 5.78 Å². The fourth-order valence-electron chi connectivity index (χ4n) is 1.09. The molecule has 0 atom stereocenters. The molecular formula is C10H10BrIO2. The first kappa shape index (κ1) is 12.0. The van der Waals surface area contributed by atoms with Gasteiger partial charge in [-0.25, -0.2) is 0 Å². The standard InChI is InChI=1S/C10H10BrIO2/c1-3-14-10-7(6(2)13)4-5-8(12)9(10)11/h4-5H,3H2,1-2H3. The van der Waals surface area contributed by atoms with Crippen molar-refractivity contribution in [2.45, 2.75) is 13.8 Å². The van der Waals surface area contributed by atoms with E-state index in [0.717, 1.165) is 8.04 Å². The maximum atomic E-state index is 11.3. The van der Waals surface area contributed by atoms with E-state index in [0.29, 0.717) is 17.9 Å². The Morgan fingerprint density at radius 2 is 2.21 bits per heavy atom. The van der Waals surface area contributed by atoms with Crippen LogP contribution >= 0.6 is 38.5 Å². The van der Waals surface area contributed by atoms with E-state index < -0.39 is 0 Å². The van der Waals surface area contributed by atoms with E-state index in [1.54, 1.807) is 6.07 Å². The van der Waals surface area contributed by atoms with Gasteiger partial charge in [0.1, 0.15) is 5.75 Å². The summed E-state index contributed by atoms with van der Waals surface area (Å²) in [6.45, 7) is 3.99. The van der Waals surface area contributed by atoms with Crippen LogP contribution in [-0.4, -0.2) is 12.4 Å². The van der Waals surface area contributed by atoms with Crippen molar-refractivity contribution in [3.05, 3.63) is 25.7 Å². The Labute approximate surface area is 105 Å². The molecule has 0 heterocycles. The maximum Gasteiger partial charge on any atom is 0.163 e. The van der Waals surface area contributed by atoms with Crippen molar-refractivity contribution in [2.75, 3.05) is 6.61 Å². The largest absolute Gasteiger partial charge is 0.492 e. The van der Waals surface area contributed by atoms with Crippen molar-refractivity contribution in [2.24, 2.45) is 0 Å². The number of hydrogen-bond donors (Lipinski definition) is 0. The van der Waals surface area contributed by atoms with E-state index in [9.17, 15) is 4.79 Å². The van der Waals surface area contributed by atoms with E-state index in [1.807, 2.05) is 13.0 Å². The van der Waals surface area contributed by atoms with Gasteiger partial charge < -0.3 is 4.74 Å². The van der Waals surface area contributed by atoms with Crippen LogP contribution in [0.15, 0.2) is 16.6 Å². The minimum Gasteiger partial charge on any atom is -0.492 e. The first-order valence-corrected chi connectivity index (χ1v) is 6.06. The zero-order valence-corrected chi connectivity index (χ0v) is 11.7. The van der Waals surface area contributed by atoms with Crippen LogP contribution in [0.2, 0.25) is 0 Å². The molecule has 0 aliphatic carbocycles. The summed E-state index contributed by atoms with van der Waals surface area (Å²) >= 11 is 5.61. The molecule has 0 N–H and O–H groups in total. The van der Waals surface area contributed by atoms with Gasteiger partial charge in [-0.1, -0.05) is 0 Å². The normalized spacial score (nSPS) is 10.0. The molecule has 1 rings (SSSR count). The molecule has 4 heteroatoms. The van der Waals surface area contributed by atoms with Crippen LogP contribution in [0.1, 0.15) is 24.2 Å². The summed E-state index contributed by atoms with van der Waals surface area (Å²) in [6, 6.07) is 3.68. The summed E-state index contributed by atoms with van der Waals surface area (Å²) in [5.41, 5.74) is 0.624. The SMILES string of the molecule is CCOc1c(C(C)=O)ccc(I)c1Br. The van der Waals surface area contributed by atoms with Crippen molar-refractivity contribution in [3.63, 3.8) is 0 Å². The Balaban J connectivity index is 3.29. The van der Waals surface area contributed by atoms with E-state index in [1.165, 1.54) is 6.92 Å². The zero-order chi connectivity index (χ0) is 10.7. The van der Waals surface area contributed by atoms with Gasteiger partial charge in [-0.15, -0.1) is 0 Å². The van der Waals surface area contributed by atoms with Crippen LogP contribution in [0.4, 0.5) is 0 Å². The Kier molecular flexibility index (Phi) is 4.37. The van der Waals surface area contributed by atoms with Crippen molar-refractivity contribution in [3.8, 4) is 5.75 Å². The van der Waals surface area contributed by atoms with Gasteiger partial charge in [-0.2, -0.15) is 0 Å². The molecular weight excluding hydrogens is 359 g/mol. The molecule has 76 valence electrons. The summed E-state index contributed by atoms with van der Waals surface area (Å²) in [6.07, 6.45) is 0. The molecule has 0 saturated heterocycles. The summed E-state index contributed by atoms with van der Waals surface area (Å²) < 4.78 is 7.33. The summed E-state index contributed by atoms with van der Waals surface area (Å²) in [5, 5.41) is 0. The molecule has 0 aliphatic rings. The average molecular weight is 369 g/mol. The molecule has 0 unspecified atom stereocenters. The molecule has 0 saturated carbocycles. The van der Waals surface area contributed by atoms with Gasteiger partial charge >= 0.3 is 0 Å². The highest BCUT2D eigenvalue weighted by Gasteiger charge is 2.13. The third kappa shape index (κ3) is 2.48. The minimum atomic E-state index is 0.0190. The number of hydrogen-bond acceptors (Lipinski definition) is 2. The second kappa shape index (κ2) is 5.11. The summed E-state index contributed by atoms with van der Waals surface area (Å²) in [7, 11) is 0. The molecule has 0 aliphatic heterocycles. The second-order valence-electron chi connectivity index (χ2n) is 2.73. The van der Waals surface area contributed by atoms with E-state index in [4.69, 9.17) is 4.74 Å². The highest BCUT2D eigenvalue weighted by Crippen LogP contribution is 2.33. The van der Waals surface area contributed by atoms with Gasteiger partial charge in [0, 0.05) is 3.57 Å². The van der Waals surface area contributed by atoms with Crippen molar-refractivity contribution in [1.29, 1.82) is 0 Å². The first-order valence-electron chi connectivity index (χ1n) is 4.19. The molecule has 1 aromatic rings. The molecule has 0 fully saturated rings. The third-order valence-corrected chi connectivity index (χ3v) is 4.15. The zero-order valence-electron chi connectivity index (χ0n) is 7.93. The molecule has 1 aromatic carbocycles. The second-order valence-corrected chi connectivity index (χ2v) is 4.68. The number of rotatable bonds is 3. The highest BCUT2D eigenvalue weighted by molar-refractivity contribution is 14.1. The molecule has 0 aromatic heterocycles. The average Bonchev–Trinajstić information content (AvgIpc) is 2.13. The minimum absolute atomic E-state index is 0.0190. The number of ketones is 1. The Morgan fingerprint density at radius 3 is 2.71 bits per heavy atom. The van der Waals surface area contributed by atoms with Gasteiger partial charge in [0.25, 0.3) is 0 Å². The van der Waals surface area contributed by atoms with Gasteiger partial charge in [0.2, 0.25) is 0 Å². The molecule has 0 radical (unpaired) electrons. The lowest BCUT2D eigenvalue weighted by molar-refractivity contribution is 0.101. The van der Waals surface area contributed by atoms with Gasteiger partial charge in [-0.3, -0.25) is 4.79 Å². The Morgan fingerprint density at radius 1 is 1.57 bits per heavy atom. The predicted octanol–water partition coefficient (Wildman–Crippen LogP) is 3.66. The van der Waals surface area contributed by atoms with Crippen LogP contribution < -0.4 is 4.74 Å². The summed E-state index contributed by atoms with van der Waals surface area (Å²) in [5.74, 6) is 0.664. The quantitative estimate of drug-likeness (QED) is 0.601. The number of halogens is 2. The highest BCUT2D eigenvalue weighted by atomic mass is 127. The van der Waals surface area contributed by atoms with Crippen LogP contribution in [-0.2, 0) is 0 Å². The number of carbonyl (C=O) groups is 1. The lowest BCUT2D eigenvalue weighted by Gasteiger charge is -2.11. The van der Waals surface area contributed by atoms with Crippen LogP contribution in [0.5, 0.6) is 5.75 Å². The Bertz CT molecular complexity index is 363. The smallest absolute Gasteiger partial charge is 0.163 e. The predicted molar refractivity (Wildman–Crippen MR) is 68.0 cm³/mol. The fraction of sp³-hybridized carbons (Fsp3) is 0.300. The van der Waals surface area contributed by atoms with Crippen molar-refractivity contribution in [1.82, 2.24) is 0 Å². The lowest BCUT2D eigenvalue weighted by atomic mass is 10.1. The number of carbonyl (C=O) groups excluding carboxylic acids is 1. The number of Topliss-reactive ketones (excluding diaryl/α,β-unsaturated/α-hetero) is 1. The molecule has 14 heavy (non-hydrogen) atoms. The maximum absolute atomic E-state index is 11.3. The molecule has 0 spiro atoms. The first-order chi connectivity index (χ1) is 6.57. The monoisotopic (exact) mass is 368 g/mol. The summed E-state index contributed by atoms with van der Waals surface area (Å²) in [4.78, 5) is 11.3. The number of benzene rings is 1. The Hall–Kier alpha value is -0.100. The molecule has 0 bridgehead atoms. The van der Waals surface area contributed by atoms with E-state index >= 15 is 0 Å². The fourth-order valence-corrected chi connectivity index (χ4v) is 1.98. The van der Waals surface area contributed by atoms with E-state index in [2.05, 4.69) is 38.5 Å². The molecule has 2 nitrogen and oxygen atoms in total. The van der Waals surface area contributed by atoms with Crippen molar-refractivity contribution >= 4 is 44.3 Å².